The van der Waals surface area contributed by atoms with Crippen LogP contribution in [-0.4, -0.2) is 23.4 Å². The van der Waals surface area contributed by atoms with Gasteiger partial charge in [0.15, 0.2) is 0 Å². The minimum atomic E-state index is -0.0437. The van der Waals surface area contributed by atoms with Crippen molar-refractivity contribution in [1.29, 1.82) is 0 Å². The predicted molar refractivity (Wildman–Crippen MR) is 82.6 cm³/mol. The molecule has 1 aliphatic rings. The Morgan fingerprint density at radius 3 is 2.95 bits per heavy atom. The Morgan fingerprint density at radius 1 is 1.45 bits per heavy atom. The van der Waals surface area contributed by atoms with Crippen LogP contribution in [0.3, 0.4) is 0 Å². The maximum Gasteiger partial charge on any atom is 0.238 e. The second kappa shape index (κ2) is 7.09. The number of hydrogen-bond donors (Lipinski definition) is 1. The summed E-state index contributed by atoms with van der Waals surface area (Å²) in [6.07, 6.45) is 4.61. The highest BCUT2D eigenvalue weighted by Crippen LogP contribution is 2.28. The van der Waals surface area contributed by atoms with E-state index >= 15 is 0 Å². The molecule has 0 saturated carbocycles. The Kier molecular flexibility index (Phi) is 5.44. The predicted octanol–water partition coefficient (Wildman–Crippen LogP) is 3.74. The van der Waals surface area contributed by atoms with Gasteiger partial charge in [0, 0.05) is 11.1 Å². The largest absolute Gasteiger partial charge is 0.319 e. The van der Waals surface area contributed by atoms with E-state index < -0.39 is 0 Å². The average Bonchev–Trinajstić information content (AvgIpc) is 2.81. The van der Waals surface area contributed by atoms with E-state index in [9.17, 15) is 4.79 Å². The first-order valence-electron chi connectivity index (χ1n) is 7.43. The van der Waals surface area contributed by atoms with Crippen molar-refractivity contribution in [3.8, 4) is 0 Å². The molecule has 0 bridgehead atoms. The van der Waals surface area contributed by atoms with E-state index in [0.717, 1.165) is 12.0 Å². The molecule has 0 spiro atoms. The van der Waals surface area contributed by atoms with Gasteiger partial charge in [-0.05, 0) is 31.0 Å². The molecule has 1 amide bonds. The van der Waals surface area contributed by atoms with Crippen molar-refractivity contribution in [1.82, 2.24) is 10.2 Å². The van der Waals surface area contributed by atoms with Crippen LogP contribution in [0.5, 0.6) is 0 Å². The molecule has 1 aromatic rings. The number of nitrogens with one attached hydrogen (secondary N) is 1. The number of nitrogens with zero attached hydrogens (tertiary/aromatic N) is 1. The van der Waals surface area contributed by atoms with Gasteiger partial charge < -0.3 is 4.90 Å². The minimum absolute atomic E-state index is 0.0437. The van der Waals surface area contributed by atoms with E-state index in [0.29, 0.717) is 11.6 Å². The number of rotatable bonds is 6. The molecule has 110 valence electrons. The number of amides is 1. The molecule has 0 aromatic heterocycles. The van der Waals surface area contributed by atoms with Crippen LogP contribution < -0.4 is 5.32 Å². The van der Waals surface area contributed by atoms with E-state index in [1.54, 1.807) is 0 Å². The molecular formula is C16H23ClN2O. The van der Waals surface area contributed by atoms with Gasteiger partial charge >= 0.3 is 0 Å². The van der Waals surface area contributed by atoms with Gasteiger partial charge in [0.2, 0.25) is 5.91 Å². The zero-order valence-electron chi connectivity index (χ0n) is 12.2. The summed E-state index contributed by atoms with van der Waals surface area (Å²) in [5, 5.41) is 4.00. The van der Waals surface area contributed by atoms with Crippen molar-refractivity contribution in [2.45, 2.75) is 51.7 Å². The summed E-state index contributed by atoms with van der Waals surface area (Å²) in [5.41, 5.74) is 1.06. The number of carbonyl (C=O) groups is 1. The fourth-order valence-corrected chi connectivity index (χ4v) is 3.00. The van der Waals surface area contributed by atoms with Crippen molar-refractivity contribution < 1.29 is 4.79 Å². The minimum Gasteiger partial charge on any atom is -0.319 e. The first kappa shape index (κ1) is 15.3. The van der Waals surface area contributed by atoms with Gasteiger partial charge in [-0.1, -0.05) is 49.9 Å². The van der Waals surface area contributed by atoms with Crippen molar-refractivity contribution in [3.63, 3.8) is 0 Å². The lowest BCUT2D eigenvalue weighted by Crippen LogP contribution is -2.37. The number of carbonyl (C=O) groups excluding carboxylic acids is 1. The number of unbranched alkanes of at least 4 members (excludes halogenated alkanes) is 2. The Morgan fingerprint density at radius 2 is 2.25 bits per heavy atom. The van der Waals surface area contributed by atoms with Crippen LogP contribution in [0.25, 0.3) is 0 Å². The highest BCUT2D eigenvalue weighted by Gasteiger charge is 2.34. The summed E-state index contributed by atoms with van der Waals surface area (Å²) in [6.45, 7) is 4.75. The van der Waals surface area contributed by atoms with Crippen LogP contribution >= 0.6 is 11.6 Å². The molecule has 0 radical (unpaired) electrons. The first-order valence-corrected chi connectivity index (χ1v) is 7.81. The highest BCUT2D eigenvalue weighted by atomic mass is 35.5. The van der Waals surface area contributed by atoms with Crippen LogP contribution in [0.1, 0.15) is 51.3 Å². The molecule has 2 atom stereocenters. The summed E-state index contributed by atoms with van der Waals surface area (Å²) < 4.78 is 0. The SMILES string of the molecule is CCCCCC(C)N1C(=O)CNC1c1cccc(Cl)c1. The second-order valence-corrected chi connectivity index (χ2v) is 5.92. The Labute approximate surface area is 126 Å². The molecule has 1 fully saturated rings. The Balaban J connectivity index is 2.10. The zero-order valence-corrected chi connectivity index (χ0v) is 13.0. The monoisotopic (exact) mass is 294 g/mol. The lowest BCUT2D eigenvalue weighted by atomic mass is 10.1. The molecule has 1 aliphatic heterocycles. The third kappa shape index (κ3) is 3.53. The third-order valence-corrected chi connectivity index (χ3v) is 4.11. The van der Waals surface area contributed by atoms with Crippen LogP contribution in [-0.2, 0) is 4.79 Å². The summed E-state index contributed by atoms with van der Waals surface area (Å²) in [7, 11) is 0. The molecule has 1 aromatic carbocycles. The number of hydrogen-bond acceptors (Lipinski definition) is 2. The van der Waals surface area contributed by atoms with Gasteiger partial charge in [0.05, 0.1) is 6.54 Å². The molecule has 2 unspecified atom stereocenters. The normalized spacial score (nSPS) is 20.4. The van der Waals surface area contributed by atoms with Crippen LogP contribution in [0.4, 0.5) is 0 Å². The molecule has 0 aliphatic carbocycles. The van der Waals surface area contributed by atoms with Crippen molar-refractivity contribution >= 4 is 17.5 Å². The lowest BCUT2D eigenvalue weighted by Gasteiger charge is -2.31. The highest BCUT2D eigenvalue weighted by molar-refractivity contribution is 6.30. The molecular weight excluding hydrogens is 272 g/mol. The fraction of sp³-hybridized carbons (Fsp3) is 0.562. The number of halogens is 1. The maximum absolute atomic E-state index is 12.1. The summed E-state index contributed by atoms with van der Waals surface area (Å²) in [4.78, 5) is 14.1. The van der Waals surface area contributed by atoms with Crippen molar-refractivity contribution in [2.24, 2.45) is 0 Å². The van der Waals surface area contributed by atoms with Gasteiger partial charge in [0.25, 0.3) is 0 Å². The zero-order chi connectivity index (χ0) is 14.5. The molecule has 20 heavy (non-hydrogen) atoms. The number of benzene rings is 1. The quantitative estimate of drug-likeness (QED) is 0.811. The van der Waals surface area contributed by atoms with Gasteiger partial charge in [-0.2, -0.15) is 0 Å². The topological polar surface area (TPSA) is 32.3 Å². The molecule has 1 saturated heterocycles. The Bertz CT molecular complexity index is 464. The van der Waals surface area contributed by atoms with E-state index in [4.69, 9.17) is 11.6 Å². The molecule has 3 nitrogen and oxygen atoms in total. The summed E-state index contributed by atoms with van der Waals surface area (Å²) in [5.74, 6) is 0.180. The van der Waals surface area contributed by atoms with Crippen LogP contribution in [0, 0.1) is 0 Å². The molecule has 2 rings (SSSR count). The van der Waals surface area contributed by atoms with Crippen molar-refractivity contribution in [2.75, 3.05) is 6.54 Å². The fourth-order valence-electron chi connectivity index (χ4n) is 2.80. The maximum atomic E-state index is 12.1. The molecule has 1 N–H and O–H groups in total. The van der Waals surface area contributed by atoms with E-state index in [2.05, 4.69) is 19.2 Å². The molecule has 1 heterocycles. The summed E-state index contributed by atoms with van der Waals surface area (Å²) in [6, 6.07) is 8.00. The van der Waals surface area contributed by atoms with E-state index in [-0.39, 0.29) is 18.1 Å². The molecule has 4 heteroatoms. The first-order chi connectivity index (χ1) is 9.63. The average molecular weight is 295 g/mol. The van der Waals surface area contributed by atoms with Crippen molar-refractivity contribution in [3.05, 3.63) is 34.9 Å². The third-order valence-electron chi connectivity index (χ3n) is 3.88. The second-order valence-electron chi connectivity index (χ2n) is 5.48. The van der Waals surface area contributed by atoms with Gasteiger partial charge in [-0.25, -0.2) is 0 Å². The Hall–Kier alpha value is -1.06. The van der Waals surface area contributed by atoms with Gasteiger partial charge in [-0.3, -0.25) is 10.1 Å². The smallest absolute Gasteiger partial charge is 0.238 e. The standard InChI is InChI=1S/C16H23ClN2O/c1-3-4-5-7-12(2)19-15(20)11-18-16(19)13-8-6-9-14(17)10-13/h6,8-10,12,16,18H,3-5,7,11H2,1-2H3. The van der Waals surface area contributed by atoms with Gasteiger partial charge in [0.1, 0.15) is 6.17 Å². The van der Waals surface area contributed by atoms with E-state index in [1.165, 1.54) is 19.3 Å². The van der Waals surface area contributed by atoms with Gasteiger partial charge in [-0.15, -0.1) is 0 Å². The lowest BCUT2D eigenvalue weighted by molar-refractivity contribution is -0.130. The van der Waals surface area contributed by atoms with Crippen LogP contribution in [0.15, 0.2) is 24.3 Å². The van der Waals surface area contributed by atoms with Crippen LogP contribution in [0.2, 0.25) is 5.02 Å². The summed E-state index contributed by atoms with van der Waals surface area (Å²) >= 11 is 6.06. The van der Waals surface area contributed by atoms with E-state index in [1.807, 2.05) is 29.2 Å².